The number of hydrogen-bond acceptors (Lipinski definition) is 4. The van der Waals surface area contributed by atoms with Gasteiger partial charge in [0.15, 0.2) is 0 Å². The first-order valence-corrected chi connectivity index (χ1v) is 10.7. The minimum absolute atomic E-state index is 0.238. The molecule has 1 fully saturated rings. The van der Waals surface area contributed by atoms with Gasteiger partial charge in [-0.05, 0) is 67.0 Å². The summed E-state index contributed by atoms with van der Waals surface area (Å²) in [4.78, 5) is 42.3. The minimum atomic E-state index is -1.10. The number of nitrogens with one attached hydrogen (secondary N) is 1. The fraction of sp³-hybridized carbons (Fsp3) is 0.375. The van der Waals surface area contributed by atoms with Gasteiger partial charge in [0.05, 0.1) is 7.11 Å². The van der Waals surface area contributed by atoms with Gasteiger partial charge in [-0.2, -0.15) is 0 Å². The molecule has 7 nitrogen and oxygen atoms in total. The number of para-hydroxylation sites is 1. The van der Waals surface area contributed by atoms with Gasteiger partial charge >= 0.3 is 6.03 Å². The number of fused-ring (bicyclic) bond motifs is 3. The topological polar surface area (TPSA) is 79.0 Å². The summed E-state index contributed by atoms with van der Waals surface area (Å²) in [6.07, 6.45) is 3.90. The number of carbonyl (C=O) groups excluding carboxylic acids is 3. The Bertz CT molecular complexity index is 1080. The van der Waals surface area contributed by atoms with Crippen LogP contribution in [0, 0.1) is 0 Å². The molecule has 0 saturated carbocycles. The number of aryl methyl sites for hydroxylation is 2. The molecule has 31 heavy (non-hydrogen) atoms. The lowest BCUT2D eigenvalue weighted by Gasteiger charge is -2.34. The third kappa shape index (κ3) is 3.07. The molecule has 160 valence electrons. The number of amides is 4. The van der Waals surface area contributed by atoms with Crippen LogP contribution < -0.4 is 15.0 Å². The van der Waals surface area contributed by atoms with Crippen LogP contribution in [-0.4, -0.2) is 42.9 Å². The quantitative estimate of drug-likeness (QED) is 0.776. The summed E-state index contributed by atoms with van der Waals surface area (Å²) in [6, 6.07) is 12.9. The van der Waals surface area contributed by atoms with Gasteiger partial charge in [-0.15, -0.1) is 0 Å². The highest BCUT2D eigenvalue weighted by Crippen LogP contribution is 2.41. The summed E-state index contributed by atoms with van der Waals surface area (Å²) in [5.41, 5.74) is 2.69. The summed E-state index contributed by atoms with van der Waals surface area (Å²) in [5.74, 6) is 0.143. The highest BCUT2D eigenvalue weighted by atomic mass is 16.5. The molecular weight excluding hydrogens is 394 g/mol. The van der Waals surface area contributed by atoms with Crippen LogP contribution in [0.25, 0.3) is 0 Å². The van der Waals surface area contributed by atoms with Crippen LogP contribution in [-0.2, 0) is 28.0 Å². The Balaban J connectivity index is 1.42. The fourth-order valence-electron chi connectivity index (χ4n) is 5.13. The molecule has 1 atom stereocenters. The second-order valence-electron chi connectivity index (χ2n) is 8.38. The molecule has 1 spiro atoms. The maximum atomic E-state index is 13.5. The zero-order valence-corrected chi connectivity index (χ0v) is 17.5. The highest BCUT2D eigenvalue weighted by Gasteiger charge is 2.54. The molecule has 0 aromatic heterocycles. The molecule has 7 heteroatoms. The maximum Gasteiger partial charge on any atom is 0.325 e. The van der Waals surface area contributed by atoms with Gasteiger partial charge in [-0.3, -0.25) is 14.5 Å². The van der Waals surface area contributed by atoms with Crippen molar-refractivity contribution in [2.24, 2.45) is 0 Å². The van der Waals surface area contributed by atoms with E-state index in [0.717, 1.165) is 58.7 Å². The molecule has 2 aromatic carbocycles. The lowest BCUT2D eigenvalue weighted by molar-refractivity contribution is -0.135. The van der Waals surface area contributed by atoms with Crippen molar-refractivity contribution in [1.29, 1.82) is 0 Å². The van der Waals surface area contributed by atoms with Crippen LogP contribution in [0.15, 0.2) is 42.5 Å². The van der Waals surface area contributed by atoms with Crippen molar-refractivity contribution in [3.8, 4) is 5.75 Å². The Morgan fingerprint density at radius 3 is 2.74 bits per heavy atom. The molecule has 3 aliphatic rings. The van der Waals surface area contributed by atoms with Crippen LogP contribution in [0.2, 0.25) is 0 Å². The normalized spacial score (nSPS) is 22.2. The van der Waals surface area contributed by atoms with Gasteiger partial charge in [0, 0.05) is 12.2 Å². The average molecular weight is 419 g/mol. The fourth-order valence-corrected chi connectivity index (χ4v) is 5.13. The van der Waals surface area contributed by atoms with Crippen molar-refractivity contribution in [3.05, 3.63) is 59.2 Å². The molecule has 1 aliphatic carbocycles. The monoisotopic (exact) mass is 419 g/mol. The maximum absolute atomic E-state index is 13.5. The van der Waals surface area contributed by atoms with E-state index >= 15 is 0 Å². The Kier molecular flexibility index (Phi) is 4.68. The lowest BCUT2D eigenvalue weighted by atomic mass is 9.76. The van der Waals surface area contributed by atoms with E-state index in [1.54, 1.807) is 12.0 Å². The number of carbonyl (C=O) groups is 3. The molecular formula is C24H25N3O4. The summed E-state index contributed by atoms with van der Waals surface area (Å²) >= 11 is 0. The average Bonchev–Trinajstić information content (AvgIpc) is 3.03. The molecule has 2 aromatic rings. The van der Waals surface area contributed by atoms with E-state index < -0.39 is 11.6 Å². The Morgan fingerprint density at radius 1 is 1.10 bits per heavy atom. The number of ether oxygens (including phenoxy) is 1. The second kappa shape index (κ2) is 7.41. The summed E-state index contributed by atoms with van der Waals surface area (Å²) in [7, 11) is 1.61. The van der Waals surface area contributed by atoms with Crippen molar-refractivity contribution in [2.45, 2.75) is 37.6 Å². The number of urea groups is 1. The number of imide groups is 1. The van der Waals surface area contributed by atoms with Crippen LogP contribution in [0.5, 0.6) is 5.75 Å². The van der Waals surface area contributed by atoms with Crippen molar-refractivity contribution in [3.63, 3.8) is 0 Å². The van der Waals surface area contributed by atoms with Crippen molar-refractivity contribution in [1.82, 2.24) is 10.2 Å². The van der Waals surface area contributed by atoms with Crippen LogP contribution >= 0.6 is 0 Å². The predicted octanol–water partition coefficient (Wildman–Crippen LogP) is 2.76. The largest absolute Gasteiger partial charge is 0.497 e. The number of hydrogen-bond donors (Lipinski definition) is 1. The molecule has 0 radical (unpaired) electrons. The van der Waals surface area contributed by atoms with Crippen LogP contribution in [0.1, 0.15) is 36.0 Å². The van der Waals surface area contributed by atoms with E-state index in [9.17, 15) is 14.4 Å². The van der Waals surface area contributed by atoms with E-state index in [1.807, 2.05) is 42.5 Å². The first kappa shape index (κ1) is 19.6. The third-order valence-corrected chi connectivity index (χ3v) is 6.65. The van der Waals surface area contributed by atoms with E-state index in [0.29, 0.717) is 13.0 Å². The summed E-state index contributed by atoms with van der Waals surface area (Å²) in [6.45, 7) is 0.333. The SMILES string of the molecule is COc1ccc2c(c1)CCC[C@@]21NC(=O)N(CC(=O)N2CCCc3ccccc32)C1=O. The zero-order chi connectivity index (χ0) is 21.6. The first-order valence-electron chi connectivity index (χ1n) is 10.7. The number of benzene rings is 2. The highest BCUT2D eigenvalue weighted by molar-refractivity contribution is 6.11. The zero-order valence-electron chi connectivity index (χ0n) is 17.5. The molecule has 5 rings (SSSR count). The van der Waals surface area contributed by atoms with Gasteiger partial charge in [0.1, 0.15) is 17.8 Å². The Morgan fingerprint density at radius 2 is 1.90 bits per heavy atom. The van der Waals surface area contributed by atoms with Gasteiger partial charge in [-0.1, -0.05) is 24.3 Å². The van der Waals surface area contributed by atoms with Gasteiger partial charge in [0.2, 0.25) is 5.91 Å². The van der Waals surface area contributed by atoms with E-state index in [4.69, 9.17) is 4.74 Å². The van der Waals surface area contributed by atoms with Crippen molar-refractivity contribution >= 4 is 23.5 Å². The van der Waals surface area contributed by atoms with E-state index in [1.165, 1.54) is 0 Å². The number of rotatable bonds is 3. The number of nitrogens with zero attached hydrogens (tertiary/aromatic N) is 2. The molecule has 0 bridgehead atoms. The minimum Gasteiger partial charge on any atom is -0.497 e. The van der Waals surface area contributed by atoms with Crippen LogP contribution in [0.3, 0.4) is 0 Å². The summed E-state index contributed by atoms with van der Waals surface area (Å²) < 4.78 is 5.32. The number of methoxy groups -OCH3 is 1. The predicted molar refractivity (Wildman–Crippen MR) is 115 cm³/mol. The first-order chi connectivity index (χ1) is 15.0. The molecule has 1 saturated heterocycles. The smallest absolute Gasteiger partial charge is 0.325 e. The number of anilines is 1. The molecule has 2 heterocycles. The molecule has 0 unspecified atom stereocenters. The molecule has 1 N–H and O–H groups in total. The standard InChI is InChI=1S/C24H25N3O4/c1-31-18-10-11-19-17(14-18)7-4-12-24(19)22(29)27(23(30)25-24)15-21(28)26-13-5-8-16-6-2-3-9-20(16)26/h2-3,6,9-11,14H,4-5,7-8,12-13,15H2,1H3,(H,25,30)/t24-/m1/s1. The Hall–Kier alpha value is -3.35. The van der Waals surface area contributed by atoms with Gasteiger partial charge < -0.3 is 15.0 Å². The third-order valence-electron chi connectivity index (χ3n) is 6.65. The lowest BCUT2D eigenvalue weighted by Crippen LogP contribution is -2.48. The summed E-state index contributed by atoms with van der Waals surface area (Å²) in [5, 5.41) is 2.92. The molecule has 4 amide bonds. The Labute approximate surface area is 181 Å². The second-order valence-corrected chi connectivity index (χ2v) is 8.38. The van der Waals surface area contributed by atoms with Crippen molar-refractivity contribution < 1.29 is 19.1 Å². The van der Waals surface area contributed by atoms with Crippen molar-refractivity contribution in [2.75, 3.05) is 25.1 Å². The van der Waals surface area contributed by atoms with E-state index in [2.05, 4.69) is 5.32 Å². The van der Waals surface area contributed by atoms with Gasteiger partial charge in [-0.25, -0.2) is 4.79 Å². The van der Waals surface area contributed by atoms with Gasteiger partial charge in [0.25, 0.3) is 5.91 Å². The van der Waals surface area contributed by atoms with E-state index in [-0.39, 0.29) is 18.4 Å². The van der Waals surface area contributed by atoms with Crippen LogP contribution in [0.4, 0.5) is 10.5 Å². The molecule has 2 aliphatic heterocycles.